The standard InChI is InChI=1S/C27H28N2O2S/c30-25-20-32-27(29(25)19-17-22-10-5-2-6-11-22)24-15-13-23(14-16-24)26(31)28-18-7-12-21-8-3-1-4-9-21/h1-6,8-11,13-16,27H,7,12,17-20H2,(H,28,31). The van der Waals surface area contributed by atoms with Gasteiger partial charge in [-0.3, -0.25) is 9.59 Å². The van der Waals surface area contributed by atoms with Crippen molar-refractivity contribution in [2.24, 2.45) is 0 Å². The molecule has 0 radical (unpaired) electrons. The normalized spacial score (nSPS) is 15.7. The Morgan fingerprint density at radius 1 is 0.875 bits per heavy atom. The van der Waals surface area contributed by atoms with Crippen LogP contribution in [-0.4, -0.2) is 35.6 Å². The van der Waals surface area contributed by atoms with Gasteiger partial charge in [-0.15, -0.1) is 11.8 Å². The minimum absolute atomic E-state index is 0.00851. The van der Waals surface area contributed by atoms with Gasteiger partial charge in [0.25, 0.3) is 5.91 Å². The van der Waals surface area contributed by atoms with Crippen molar-refractivity contribution in [3.8, 4) is 0 Å². The van der Waals surface area contributed by atoms with Crippen LogP contribution in [0, 0.1) is 0 Å². The second-order valence-corrected chi connectivity index (χ2v) is 9.02. The summed E-state index contributed by atoms with van der Waals surface area (Å²) < 4.78 is 0. The van der Waals surface area contributed by atoms with Gasteiger partial charge in [0.05, 0.1) is 5.75 Å². The Morgan fingerprint density at radius 3 is 2.16 bits per heavy atom. The molecule has 0 spiro atoms. The minimum Gasteiger partial charge on any atom is -0.352 e. The summed E-state index contributed by atoms with van der Waals surface area (Å²) in [6.45, 7) is 1.35. The van der Waals surface area contributed by atoms with E-state index in [0.717, 1.165) is 24.8 Å². The summed E-state index contributed by atoms with van der Waals surface area (Å²) in [4.78, 5) is 26.9. The van der Waals surface area contributed by atoms with Gasteiger partial charge in [0.1, 0.15) is 5.37 Å². The lowest BCUT2D eigenvalue weighted by Gasteiger charge is -2.24. The molecule has 3 aromatic rings. The van der Waals surface area contributed by atoms with Crippen LogP contribution in [0.5, 0.6) is 0 Å². The van der Waals surface area contributed by atoms with Crippen molar-refractivity contribution in [3.05, 3.63) is 107 Å². The van der Waals surface area contributed by atoms with Gasteiger partial charge in [-0.2, -0.15) is 0 Å². The van der Waals surface area contributed by atoms with Crippen molar-refractivity contribution in [1.82, 2.24) is 10.2 Å². The maximum atomic E-state index is 12.5. The molecule has 1 unspecified atom stereocenters. The number of nitrogens with zero attached hydrogens (tertiary/aromatic N) is 1. The molecule has 3 aromatic carbocycles. The number of carbonyl (C=O) groups is 2. The maximum absolute atomic E-state index is 12.5. The fraction of sp³-hybridized carbons (Fsp3) is 0.259. The summed E-state index contributed by atoms with van der Waals surface area (Å²) >= 11 is 1.65. The quantitative estimate of drug-likeness (QED) is 0.479. The number of carbonyl (C=O) groups excluding carboxylic acids is 2. The molecule has 1 fully saturated rings. The Morgan fingerprint density at radius 2 is 1.50 bits per heavy atom. The molecule has 32 heavy (non-hydrogen) atoms. The molecule has 1 aliphatic rings. The van der Waals surface area contributed by atoms with E-state index >= 15 is 0 Å². The van der Waals surface area contributed by atoms with Crippen molar-refractivity contribution in [3.63, 3.8) is 0 Å². The van der Waals surface area contributed by atoms with Crippen LogP contribution in [0.4, 0.5) is 0 Å². The molecule has 1 atom stereocenters. The lowest BCUT2D eigenvalue weighted by atomic mass is 10.1. The molecule has 0 aliphatic carbocycles. The maximum Gasteiger partial charge on any atom is 0.251 e. The molecule has 2 amide bonds. The highest BCUT2D eigenvalue weighted by molar-refractivity contribution is 8.00. The van der Waals surface area contributed by atoms with Crippen molar-refractivity contribution < 1.29 is 9.59 Å². The third kappa shape index (κ3) is 5.80. The van der Waals surface area contributed by atoms with Crippen LogP contribution in [0.3, 0.4) is 0 Å². The van der Waals surface area contributed by atoms with E-state index in [4.69, 9.17) is 0 Å². The number of aryl methyl sites for hydroxylation is 1. The van der Waals surface area contributed by atoms with Crippen LogP contribution in [0.2, 0.25) is 0 Å². The molecule has 5 heteroatoms. The highest BCUT2D eigenvalue weighted by Gasteiger charge is 2.32. The summed E-state index contributed by atoms with van der Waals surface area (Å²) in [5, 5.41) is 3.01. The number of hydrogen-bond acceptors (Lipinski definition) is 3. The summed E-state index contributed by atoms with van der Waals surface area (Å²) in [5.41, 5.74) is 4.23. The molecule has 0 saturated carbocycles. The third-order valence-corrected chi connectivity index (χ3v) is 6.94. The number of hydrogen-bond donors (Lipinski definition) is 1. The number of thioether (sulfide) groups is 1. The molecule has 0 bridgehead atoms. The number of amides is 2. The van der Waals surface area contributed by atoms with E-state index in [0.29, 0.717) is 24.4 Å². The zero-order valence-electron chi connectivity index (χ0n) is 18.1. The molecule has 1 N–H and O–H groups in total. The van der Waals surface area contributed by atoms with Crippen molar-refractivity contribution in [2.75, 3.05) is 18.8 Å². The summed E-state index contributed by atoms with van der Waals surface area (Å²) in [6.07, 6.45) is 2.70. The van der Waals surface area contributed by atoms with Gasteiger partial charge >= 0.3 is 0 Å². The molecule has 1 heterocycles. The van der Waals surface area contributed by atoms with Crippen LogP contribution in [-0.2, 0) is 17.6 Å². The number of nitrogens with one attached hydrogen (secondary N) is 1. The van der Waals surface area contributed by atoms with Crippen molar-refractivity contribution >= 4 is 23.6 Å². The topological polar surface area (TPSA) is 49.4 Å². The zero-order valence-corrected chi connectivity index (χ0v) is 18.9. The lowest BCUT2D eigenvalue weighted by molar-refractivity contribution is -0.128. The van der Waals surface area contributed by atoms with Gasteiger partial charge in [0.15, 0.2) is 0 Å². The Bertz CT molecular complexity index is 1020. The number of benzene rings is 3. The molecular weight excluding hydrogens is 416 g/mol. The Balaban J connectivity index is 1.29. The second kappa shape index (κ2) is 11.0. The van der Waals surface area contributed by atoms with E-state index in [9.17, 15) is 9.59 Å². The second-order valence-electron chi connectivity index (χ2n) is 7.95. The average molecular weight is 445 g/mol. The molecule has 164 valence electrons. The summed E-state index contributed by atoms with van der Waals surface area (Å²) in [5.74, 6) is 0.625. The Labute approximate surface area is 194 Å². The Hall–Kier alpha value is -3.05. The van der Waals surface area contributed by atoms with Crippen molar-refractivity contribution in [1.29, 1.82) is 0 Å². The van der Waals surface area contributed by atoms with Gasteiger partial charge in [-0.25, -0.2) is 0 Å². The first-order chi connectivity index (χ1) is 15.7. The van der Waals surface area contributed by atoms with Crippen LogP contribution in [0.15, 0.2) is 84.9 Å². The fourth-order valence-corrected chi connectivity index (χ4v) is 5.13. The zero-order chi connectivity index (χ0) is 22.2. The van der Waals surface area contributed by atoms with Gasteiger partial charge in [-0.1, -0.05) is 72.8 Å². The van der Waals surface area contributed by atoms with Gasteiger partial charge in [0, 0.05) is 18.7 Å². The van der Waals surface area contributed by atoms with E-state index in [2.05, 4.69) is 29.6 Å². The molecular formula is C27H28N2O2S. The largest absolute Gasteiger partial charge is 0.352 e. The average Bonchev–Trinajstić information content (AvgIpc) is 3.22. The van der Waals surface area contributed by atoms with E-state index in [1.54, 1.807) is 11.8 Å². The van der Waals surface area contributed by atoms with E-state index in [1.807, 2.05) is 65.6 Å². The molecule has 1 aliphatic heterocycles. The SMILES string of the molecule is O=C(NCCCc1ccccc1)c1ccc(C2SCC(=O)N2CCc2ccccc2)cc1. The number of rotatable bonds is 9. The molecule has 0 aromatic heterocycles. The van der Waals surface area contributed by atoms with Gasteiger partial charge in [0.2, 0.25) is 5.91 Å². The van der Waals surface area contributed by atoms with Crippen LogP contribution in [0.1, 0.15) is 38.8 Å². The molecule has 4 rings (SSSR count). The van der Waals surface area contributed by atoms with E-state index in [1.165, 1.54) is 11.1 Å². The lowest BCUT2D eigenvalue weighted by Crippen LogP contribution is -2.30. The van der Waals surface area contributed by atoms with E-state index in [-0.39, 0.29) is 17.2 Å². The first kappa shape index (κ1) is 22.2. The highest BCUT2D eigenvalue weighted by atomic mass is 32.2. The predicted octanol–water partition coefficient (Wildman–Crippen LogP) is 4.87. The monoisotopic (exact) mass is 444 g/mol. The fourth-order valence-electron chi connectivity index (χ4n) is 3.91. The minimum atomic E-state index is -0.0549. The van der Waals surface area contributed by atoms with Crippen LogP contribution in [0.25, 0.3) is 0 Å². The molecule has 4 nitrogen and oxygen atoms in total. The predicted molar refractivity (Wildman–Crippen MR) is 131 cm³/mol. The van der Waals surface area contributed by atoms with Gasteiger partial charge < -0.3 is 10.2 Å². The highest BCUT2D eigenvalue weighted by Crippen LogP contribution is 2.38. The van der Waals surface area contributed by atoms with Crippen LogP contribution < -0.4 is 5.32 Å². The van der Waals surface area contributed by atoms with Gasteiger partial charge in [-0.05, 0) is 48.1 Å². The first-order valence-electron chi connectivity index (χ1n) is 11.1. The first-order valence-corrected chi connectivity index (χ1v) is 12.1. The summed E-state index contributed by atoms with van der Waals surface area (Å²) in [6, 6.07) is 28.2. The van der Waals surface area contributed by atoms with E-state index < -0.39 is 0 Å². The van der Waals surface area contributed by atoms with Crippen LogP contribution >= 0.6 is 11.8 Å². The summed E-state index contributed by atoms with van der Waals surface area (Å²) in [7, 11) is 0. The third-order valence-electron chi connectivity index (χ3n) is 5.68. The molecule has 1 saturated heterocycles. The Kier molecular flexibility index (Phi) is 7.62. The smallest absolute Gasteiger partial charge is 0.251 e. The van der Waals surface area contributed by atoms with Crippen molar-refractivity contribution in [2.45, 2.75) is 24.6 Å².